The van der Waals surface area contributed by atoms with E-state index in [1.54, 1.807) is 19.2 Å². The molecular formula is C22H31N3OS. The molecule has 0 amide bonds. The minimum absolute atomic E-state index is 0.469. The van der Waals surface area contributed by atoms with E-state index in [2.05, 4.69) is 71.1 Å². The normalized spacial score (nSPS) is 14.5. The van der Waals surface area contributed by atoms with Crippen molar-refractivity contribution in [2.45, 2.75) is 33.2 Å². The SMILES string of the molecule is CCN(CC)SNCC(C)N1CCc2cc(-c3cccc(OC)c3)ccc21. The number of anilines is 1. The predicted octanol–water partition coefficient (Wildman–Crippen LogP) is 4.61. The van der Waals surface area contributed by atoms with Gasteiger partial charge in [-0.2, -0.15) is 0 Å². The zero-order chi connectivity index (χ0) is 19.2. The van der Waals surface area contributed by atoms with Crippen LogP contribution in [0.15, 0.2) is 42.5 Å². The monoisotopic (exact) mass is 385 g/mol. The zero-order valence-electron chi connectivity index (χ0n) is 16.9. The number of nitrogens with one attached hydrogen (secondary N) is 1. The fourth-order valence-corrected chi connectivity index (χ4v) is 4.34. The van der Waals surface area contributed by atoms with Crippen LogP contribution in [0.3, 0.4) is 0 Å². The van der Waals surface area contributed by atoms with Crippen molar-refractivity contribution >= 4 is 17.8 Å². The lowest BCUT2D eigenvalue weighted by Gasteiger charge is -2.28. The first kappa shape index (κ1) is 20.1. The maximum absolute atomic E-state index is 5.37. The summed E-state index contributed by atoms with van der Waals surface area (Å²) in [4.78, 5) is 2.53. The third kappa shape index (κ3) is 4.78. The van der Waals surface area contributed by atoms with E-state index in [9.17, 15) is 0 Å². The summed E-state index contributed by atoms with van der Waals surface area (Å²) in [6.07, 6.45) is 1.11. The highest BCUT2D eigenvalue weighted by atomic mass is 32.2. The van der Waals surface area contributed by atoms with Gasteiger partial charge in [0.15, 0.2) is 0 Å². The van der Waals surface area contributed by atoms with E-state index in [0.29, 0.717) is 6.04 Å². The van der Waals surface area contributed by atoms with Crippen molar-refractivity contribution in [3.05, 3.63) is 48.0 Å². The minimum atomic E-state index is 0.469. The van der Waals surface area contributed by atoms with Crippen LogP contribution in [0.25, 0.3) is 11.1 Å². The smallest absolute Gasteiger partial charge is 0.119 e. The average molecular weight is 386 g/mol. The van der Waals surface area contributed by atoms with Crippen LogP contribution in [-0.4, -0.2) is 43.6 Å². The molecule has 1 aliphatic rings. The van der Waals surface area contributed by atoms with Crippen LogP contribution in [0.1, 0.15) is 26.3 Å². The highest BCUT2D eigenvalue weighted by Crippen LogP contribution is 2.34. The van der Waals surface area contributed by atoms with Gasteiger partial charge in [0.25, 0.3) is 0 Å². The maximum atomic E-state index is 5.37. The van der Waals surface area contributed by atoms with Crippen molar-refractivity contribution in [1.29, 1.82) is 0 Å². The molecule has 0 fully saturated rings. The van der Waals surface area contributed by atoms with Gasteiger partial charge >= 0.3 is 0 Å². The Bertz CT molecular complexity index is 748. The van der Waals surface area contributed by atoms with E-state index in [1.807, 2.05) is 6.07 Å². The van der Waals surface area contributed by atoms with Crippen molar-refractivity contribution in [3.63, 3.8) is 0 Å². The Labute approximate surface area is 168 Å². The summed E-state index contributed by atoms with van der Waals surface area (Å²) in [5.41, 5.74) is 5.29. The second-order valence-electron chi connectivity index (χ2n) is 6.92. The molecule has 146 valence electrons. The first-order chi connectivity index (χ1) is 13.2. The first-order valence-electron chi connectivity index (χ1n) is 9.85. The van der Waals surface area contributed by atoms with Gasteiger partial charge in [-0.3, -0.25) is 0 Å². The molecule has 1 atom stereocenters. The van der Waals surface area contributed by atoms with E-state index >= 15 is 0 Å². The fraction of sp³-hybridized carbons (Fsp3) is 0.455. The minimum Gasteiger partial charge on any atom is -0.497 e. The average Bonchev–Trinajstić information content (AvgIpc) is 3.14. The Balaban J connectivity index is 1.67. The third-order valence-corrected chi connectivity index (χ3v) is 6.29. The lowest BCUT2D eigenvalue weighted by molar-refractivity contribution is 0.415. The van der Waals surface area contributed by atoms with Gasteiger partial charge in [-0.05, 0) is 54.3 Å². The summed E-state index contributed by atoms with van der Waals surface area (Å²) >= 11 is 1.74. The number of rotatable bonds is 9. The number of methoxy groups -OCH3 is 1. The van der Waals surface area contributed by atoms with Gasteiger partial charge in [0, 0.05) is 50.0 Å². The van der Waals surface area contributed by atoms with Gasteiger partial charge in [0.1, 0.15) is 5.75 Å². The lowest BCUT2D eigenvalue weighted by Crippen LogP contribution is -2.38. The summed E-state index contributed by atoms with van der Waals surface area (Å²) in [7, 11) is 1.72. The highest BCUT2D eigenvalue weighted by Gasteiger charge is 2.23. The second-order valence-corrected chi connectivity index (χ2v) is 7.91. The number of benzene rings is 2. The molecular weight excluding hydrogens is 354 g/mol. The quantitative estimate of drug-likeness (QED) is 0.637. The lowest BCUT2D eigenvalue weighted by atomic mass is 10.0. The van der Waals surface area contributed by atoms with E-state index in [-0.39, 0.29) is 0 Å². The van der Waals surface area contributed by atoms with Crippen LogP contribution >= 0.6 is 12.1 Å². The van der Waals surface area contributed by atoms with E-state index in [0.717, 1.165) is 38.3 Å². The Hall–Kier alpha value is -1.69. The topological polar surface area (TPSA) is 27.7 Å². The van der Waals surface area contributed by atoms with Gasteiger partial charge in [0.05, 0.1) is 7.11 Å². The molecule has 2 aromatic carbocycles. The molecule has 27 heavy (non-hydrogen) atoms. The molecule has 0 aliphatic carbocycles. The molecule has 0 bridgehead atoms. The Kier molecular flexibility index (Phi) is 7.05. The van der Waals surface area contributed by atoms with Gasteiger partial charge in [-0.15, -0.1) is 0 Å². The summed E-state index contributed by atoms with van der Waals surface area (Å²) in [5, 5.41) is 0. The molecule has 0 saturated carbocycles. The number of nitrogens with zero attached hydrogens (tertiary/aromatic N) is 2. The van der Waals surface area contributed by atoms with Crippen molar-refractivity contribution in [2.24, 2.45) is 0 Å². The van der Waals surface area contributed by atoms with Gasteiger partial charge in [-0.25, -0.2) is 9.03 Å². The zero-order valence-corrected chi connectivity index (χ0v) is 17.7. The van der Waals surface area contributed by atoms with Crippen molar-refractivity contribution < 1.29 is 4.74 Å². The molecule has 5 heteroatoms. The molecule has 3 rings (SSSR count). The predicted molar refractivity (Wildman–Crippen MR) is 117 cm³/mol. The number of fused-ring (bicyclic) bond motifs is 1. The molecule has 0 radical (unpaired) electrons. The number of hydrogen-bond acceptors (Lipinski definition) is 5. The molecule has 0 aromatic heterocycles. The van der Waals surface area contributed by atoms with Crippen LogP contribution in [0.5, 0.6) is 5.75 Å². The molecule has 0 spiro atoms. The first-order valence-corrected chi connectivity index (χ1v) is 10.6. The van der Waals surface area contributed by atoms with E-state index in [1.165, 1.54) is 22.4 Å². The van der Waals surface area contributed by atoms with Crippen molar-refractivity contribution in [2.75, 3.05) is 38.2 Å². The van der Waals surface area contributed by atoms with Gasteiger partial charge in [-0.1, -0.05) is 32.0 Å². The highest BCUT2D eigenvalue weighted by molar-refractivity contribution is 7.95. The second kappa shape index (κ2) is 9.49. The number of ether oxygens (including phenoxy) is 1. The fourth-order valence-electron chi connectivity index (χ4n) is 3.58. The molecule has 1 N–H and O–H groups in total. The van der Waals surface area contributed by atoms with Gasteiger partial charge < -0.3 is 9.64 Å². The number of hydrogen-bond donors (Lipinski definition) is 1. The van der Waals surface area contributed by atoms with Crippen LogP contribution in [-0.2, 0) is 6.42 Å². The molecule has 4 nitrogen and oxygen atoms in total. The van der Waals surface area contributed by atoms with Crippen molar-refractivity contribution in [3.8, 4) is 16.9 Å². The summed E-state index contributed by atoms with van der Waals surface area (Å²) < 4.78 is 11.2. The van der Waals surface area contributed by atoms with Crippen LogP contribution in [0, 0.1) is 0 Å². The van der Waals surface area contributed by atoms with E-state index < -0.39 is 0 Å². The maximum Gasteiger partial charge on any atom is 0.119 e. The summed E-state index contributed by atoms with van der Waals surface area (Å²) in [5.74, 6) is 0.903. The molecule has 2 aromatic rings. The molecule has 1 aliphatic heterocycles. The Morgan fingerprint density at radius 3 is 2.67 bits per heavy atom. The molecule has 0 saturated heterocycles. The van der Waals surface area contributed by atoms with Crippen LogP contribution in [0.4, 0.5) is 5.69 Å². The summed E-state index contributed by atoms with van der Waals surface area (Å²) in [6, 6.07) is 15.6. The Morgan fingerprint density at radius 1 is 1.15 bits per heavy atom. The Morgan fingerprint density at radius 2 is 1.93 bits per heavy atom. The standard InChI is InChI=1S/C22H31N3OS/c1-5-24(6-2)27-23-16-17(3)25-13-12-20-14-19(10-11-22(20)25)18-8-7-9-21(15-18)26-4/h7-11,14-15,17,23H,5-6,12-13,16H2,1-4H3. The third-order valence-electron chi connectivity index (χ3n) is 5.22. The summed E-state index contributed by atoms with van der Waals surface area (Å²) in [6.45, 7) is 10.9. The van der Waals surface area contributed by atoms with Crippen LogP contribution in [0.2, 0.25) is 0 Å². The van der Waals surface area contributed by atoms with Crippen molar-refractivity contribution in [1.82, 2.24) is 9.03 Å². The van der Waals surface area contributed by atoms with Crippen LogP contribution < -0.4 is 14.4 Å². The molecule has 1 unspecified atom stereocenters. The van der Waals surface area contributed by atoms with Gasteiger partial charge in [0.2, 0.25) is 0 Å². The van der Waals surface area contributed by atoms with E-state index in [4.69, 9.17) is 4.74 Å². The molecule has 1 heterocycles. The largest absolute Gasteiger partial charge is 0.497 e.